The standard InChI is InChI=1S/C11H14FN3O4S2/c1-6(2)19-11(16)15-21(17,18)14-9-4-3-7(10(13)20)5-8(9)12/h3-6,14H,1-2H3,(H2,13,20)(H,15,16). The van der Waals surface area contributed by atoms with Gasteiger partial charge in [0.2, 0.25) is 0 Å². The Morgan fingerprint density at radius 1 is 1.43 bits per heavy atom. The predicted octanol–water partition coefficient (Wildman–Crippen LogP) is 1.25. The molecule has 0 aliphatic carbocycles. The average molecular weight is 335 g/mol. The number of thiocarbonyl (C=S) groups is 1. The monoisotopic (exact) mass is 335 g/mol. The zero-order valence-electron chi connectivity index (χ0n) is 11.2. The highest BCUT2D eigenvalue weighted by atomic mass is 32.2. The summed E-state index contributed by atoms with van der Waals surface area (Å²) in [6.07, 6.45) is -1.67. The molecule has 0 unspecified atom stereocenters. The van der Waals surface area contributed by atoms with Crippen LogP contribution in [0.2, 0.25) is 0 Å². The van der Waals surface area contributed by atoms with Gasteiger partial charge in [-0.3, -0.25) is 4.72 Å². The fourth-order valence-corrected chi connectivity index (χ4v) is 2.17. The van der Waals surface area contributed by atoms with Crippen LogP contribution in [0.25, 0.3) is 0 Å². The SMILES string of the molecule is CC(C)OC(=O)NS(=O)(=O)Nc1ccc(C(N)=S)cc1F. The molecular formula is C11H14FN3O4S2. The third-order valence-corrected chi connectivity index (χ3v) is 3.22. The third-order valence-electron chi connectivity index (χ3n) is 2.06. The summed E-state index contributed by atoms with van der Waals surface area (Å²) in [6, 6.07) is 3.46. The van der Waals surface area contributed by atoms with Gasteiger partial charge in [-0.05, 0) is 32.0 Å². The Balaban J connectivity index is 2.85. The van der Waals surface area contributed by atoms with Crippen LogP contribution in [-0.4, -0.2) is 25.6 Å². The van der Waals surface area contributed by atoms with Crippen LogP contribution in [0.5, 0.6) is 0 Å². The quantitative estimate of drug-likeness (QED) is 0.699. The Kier molecular flexibility index (Phi) is 5.44. The minimum Gasteiger partial charge on any atom is -0.446 e. The lowest BCUT2D eigenvalue weighted by molar-refractivity contribution is 0.121. The maximum atomic E-state index is 13.7. The molecule has 0 saturated heterocycles. The summed E-state index contributed by atoms with van der Waals surface area (Å²) in [5, 5.41) is 0. The topological polar surface area (TPSA) is 111 Å². The molecule has 4 N–H and O–H groups in total. The highest BCUT2D eigenvalue weighted by Crippen LogP contribution is 2.16. The fourth-order valence-electron chi connectivity index (χ4n) is 1.27. The van der Waals surface area contributed by atoms with Crippen LogP contribution in [0.3, 0.4) is 0 Å². The van der Waals surface area contributed by atoms with E-state index >= 15 is 0 Å². The van der Waals surface area contributed by atoms with Crippen LogP contribution in [-0.2, 0) is 14.9 Å². The summed E-state index contributed by atoms with van der Waals surface area (Å²) in [6.45, 7) is 3.10. The molecule has 0 aliphatic rings. The maximum absolute atomic E-state index is 13.7. The first-order chi connectivity index (χ1) is 9.60. The van der Waals surface area contributed by atoms with E-state index in [-0.39, 0.29) is 16.2 Å². The van der Waals surface area contributed by atoms with Crippen molar-refractivity contribution in [1.82, 2.24) is 4.72 Å². The van der Waals surface area contributed by atoms with E-state index in [0.717, 1.165) is 12.1 Å². The van der Waals surface area contributed by atoms with E-state index in [0.29, 0.717) is 0 Å². The molecule has 0 fully saturated rings. The lowest BCUT2D eigenvalue weighted by Crippen LogP contribution is -2.37. The maximum Gasteiger partial charge on any atom is 0.422 e. The number of hydrogen-bond acceptors (Lipinski definition) is 5. The van der Waals surface area contributed by atoms with Gasteiger partial charge in [0, 0.05) is 5.56 Å². The summed E-state index contributed by atoms with van der Waals surface area (Å²) < 4.78 is 45.0. The van der Waals surface area contributed by atoms with Crippen molar-refractivity contribution in [2.45, 2.75) is 20.0 Å². The van der Waals surface area contributed by atoms with Crippen molar-refractivity contribution in [3.05, 3.63) is 29.6 Å². The molecule has 0 radical (unpaired) electrons. The fraction of sp³-hybridized carbons (Fsp3) is 0.273. The van der Waals surface area contributed by atoms with E-state index in [1.807, 2.05) is 4.72 Å². The number of amides is 1. The summed E-state index contributed by atoms with van der Waals surface area (Å²) in [7, 11) is -4.31. The Morgan fingerprint density at radius 3 is 2.52 bits per heavy atom. The number of nitrogens with one attached hydrogen (secondary N) is 2. The van der Waals surface area contributed by atoms with Crippen molar-refractivity contribution < 1.29 is 22.3 Å². The molecule has 0 saturated carbocycles. The van der Waals surface area contributed by atoms with E-state index in [1.165, 1.54) is 6.07 Å². The van der Waals surface area contributed by atoms with Gasteiger partial charge < -0.3 is 10.5 Å². The second-order valence-corrected chi connectivity index (χ2v) is 6.08. The largest absolute Gasteiger partial charge is 0.446 e. The summed E-state index contributed by atoms with van der Waals surface area (Å²) in [4.78, 5) is 11.2. The molecule has 7 nitrogen and oxygen atoms in total. The van der Waals surface area contributed by atoms with E-state index in [4.69, 9.17) is 5.73 Å². The number of carbonyl (C=O) groups excluding carboxylic acids is 1. The van der Waals surface area contributed by atoms with Gasteiger partial charge in [0.1, 0.15) is 10.8 Å². The molecule has 0 spiro atoms. The minimum atomic E-state index is -4.31. The zero-order chi connectivity index (χ0) is 16.2. The van der Waals surface area contributed by atoms with Gasteiger partial charge >= 0.3 is 16.3 Å². The molecule has 0 aliphatic heterocycles. The number of anilines is 1. The molecule has 0 heterocycles. The lowest BCUT2D eigenvalue weighted by Gasteiger charge is -2.12. The third kappa shape index (κ3) is 5.52. The van der Waals surface area contributed by atoms with Gasteiger partial charge in [-0.15, -0.1) is 0 Å². The molecule has 116 valence electrons. The normalized spacial score (nSPS) is 11.0. The summed E-state index contributed by atoms with van der Waals surface area (Å²) >= 11 is 4.67. The van der Waals surface area contributed by atoms with Gasteiger partial charge in [0.15, 0.2) is 0 Å². The van der Waals surface area contributed by atoms with Crippen molar-refractivity contribution in [2.75, 3.05) is 4.72 Å². The summed E-state index contributed by atoms with van der Waals surface area (Å²) in [5.41, 5.74) is 5.21. The lowest BCUT2D eigenvalue weighted by atomic mass is 10.2. The van der Waals surface area contributed by atoms with E-state index < -0.39 is 28.2 Å². The Morgan fingerprint density at radius 2 is 2.05 bits per heavy atom. The Hall–Kier alpha value is -1.94. The van der Waals surface area contributed by atoms with Gasteiger partial charge in [-0.2, -0.15) is 8.42 Å². The average Bonchev–Trinajstić information content (AvgIpc) is 2.29. The molecule has 10 heteroatoms. The second-order valence-electron chi connectivity index (χ2n) is 4.22. The van der Waals surface area contributed by atoms with Crippen molar-refractivity contribution in [2.24, 2.45) is 5.73 Å². The number of nitrogens with two attached hydrogens (primary N) is 1. The first-order valence-electron chi connectivity index (χ1n) is 5.71. The molecule has 1 amide bonds. The second kappa shape index (κ2) is 6.68. The van der Waals surface area contributed by atoms with Crippen molar-refractivity contribution in [3.63, 3.8) is 0 Å². The number of carbonyl (C=O) groups is 1. The van der Waals surface area contributed by atoms with Crippen LogP contribution in [0.4, 0.5) is 14.9 Å². The van der Waals surface area contributed by atoms with Crippen LogP contribution in [0.15, 0.2) is 18.2 Å². The first kappa shape index (κ1) is 17.1. The molecule has 1 aromatic carbocycles. The minimum absolute atomic E-state index is 0.0260. The van der Waals surface area contributed by atoms with E-state index in [2.05, 4.69) is 17.0 Å². The number of ether oxygens (including phenoxy) is 1. The predicted molar refractivity (Wildman–Crippen MR) is 79.6 cm³/mol. The number of rotatable bonds is 5. The van der Waals surface area contributed by atoms with E-state index in [1.54, 1.807) is 18.6 Å². The molecule has 0 bridgehead atoms. The number of hydrogen-bond donors (Lipinski definition) is 3. The number of halogens is 1. The van der Waals surface area contributed by atoms with E-state index in [9.17, 15) is 17.6 Å². The van der Waals surface area contributed by atoms with Crippen LogP contribution in [0, 0.1) is 5.82 Å². The van der Waals surface area contributed by atoms with Gasteiger partial charge in [0.05, 0.1) is 11.8 Å². The zero-order valence-corrected chi connectivity index (χ0v) is 12.8. The van der Waals surface area contributed by atoms with Crippen LogP contribution < -0.4 is 15.2 Å². The first-order valence-corrected chi connectivity index (χ1v) is 7.60. The molecule has 0 aromatic heterocycles. The summed E-state index contributed by atoms with van der Waals surface area (Å²) in [5.74, 6) is -0.886. The van der Waals surface area contributed by atoms with Gasteiger partial charge in [-0.1, -0.05) is 12.2 Å². The molecule has 1 aromatic rings. The highest BCUT2D eigenvalue weighted by Gasteiger charge is 2.18. The Bertz CT molecular complexity index is 661. The van der Waals surface area contributed by atoms with Crippen LogP contribution in [0.1, 0.15) is 19.4 Å². The van der Waals surface area contributed by atoms with Crippen molar-refractivity contribution in [1.29, 1.82) is 0 Å². The highest BCUT2D eigenvalue weighted by molar-refractivity contribution is 7.91. The smallest absolute Gasteiger partial charge is 0.422 e. The number of benzene rings is 1. The molecular weight excluding hydrogens is 321 g/mol. The van der Waals surface area contributed by atoms with Crippen molar-refractivity contribution in [3.8, 4) is 0 Å². The van der Waals surface area contributed by atoms with Crippen LogP contribution >= 0.6 is 12.2 Å². The van der Waals surface area contributed by atoms with Gasteiger partial charge in [-0.25, -0.2) is 13.9 Å². The Labute approximate surface area is 126 Å². The van der Waals surface area contributed by atoms with Gasteiger partial charge in [0.25, 0.3) is 0 Å². The molecule has 0 atom stereocenters. The molecule has 21 heavy (non-hydrogen) atoms. The van der Waals surface area contributed by atoms with Crippen molar-refractivity contribution >= 4 is 39.2 Å². The molecule has 1 rings (SSSR count).